The minimum absolute atomic E-state index is 0.0566. The molecule has 106 valence electrons. The molecule has 1 aromatic rings. The molecule has 0 saturated heterocycles. The number of aliphatic hydroxyl groups is 1. The number of aromatic nitrogens is 1. The van der Waals surface area contributed by atoms with Gasteiger partial charge < -0.3 is 15.3 Å². The highest BCUT2D eigenvalue weighted by Gasteiger charge is 2.28. The second-order valence-electron chi connectivity index (χ2n) is 4.66. The largest absolute Gasteiger partial charge is 0.395 e. The summed E-state index contributed by atoms with van der Waals surface area (Å²) < 4.78 is 27.4. The summed E-state index contributed by atoms with van der Waals surface area (Å²) >= 11 is 0. The van der Waals surface area contributed by atoms with Crippen LogP contribution >= 0.6 is 0 Å². The molecule has 4 nitrogen and oxygen atoms in total. The molecule has 2 N–H and O–H groups in total. The van der Waals surface area contributed by atoms with Gasteiger partial charge in [-0.1, -0.05) is 0 Å². The quantitative estimate of drug-likeness (QED) is 0.832. The molecule has 2 rings (SSSR count). The van der Waals surface area contributed by atoms with Crippen molar-refractivity contribution >= 4 is 11.6 Å². The lowest BCUT2D eigenvalue weighted by Gasteiger charge is -2.38. The minimum atomic E-state index is -0.694. The molecular weight excluding hydrogens is 252 g/mol. The summed E-state index contributed by atoms with van der Waals surface area (Å²) in [6.45, 7) is 2.57. The van der Waals surface area contributed by atoms with Crippen LogP contribution in [-0.2, 0) is 0 Å². The summed E-state index contributed by atoms with van der Waals surface area (Å²) in [6, 6.07) is 1.04. The number of anilines is 2. The van der Waals surface area contributed by atoms with Crippen molar-refractivity contribution < 1.29 is 13.9 Å². The standard InChI is InChI=1S/C13H19F2N3O/c1-2-16-12-10(14)8-11(15)13(17-12)18(6-7-19)9-4-3-5-9/h8-9,19H,2-7H2,1H3,(H,16,17). The fourth-order valence-electron chi connectivity index (χ4n) is 2.22. The highest BCUT2D eigenvalue weighted by molar-refractivity contribution is 5.50. The SMILES string of the molecule is CCNc1nc(N(CCO)C2CCC2)c(F)cc1F. The van der Waals surface area contributed by atoms with Gasteiger partial charge in [0.1, 0.15) is 0 Å². The normalized spacial score (nSPS) is 15.2. The smallest absolute Gasteiger partial charge is 0.168 e. The molecule has 1 saturated carbocycles. The Morgan fingerprint density at radius 2 is 2.16 bits per heavy atom. The van der Waals surface area contributed by atoms with Crippen LogP contribution < -0.4 is 10.2 Å². The number of hydrogen-bond donors (Lipinski definition) is 2. The van der Waals surface area contributed by atoms with E-state index in [-0.39, 0.29) is 24.3 Å². The van der Waals surface area contributed by atoms with Crippen molar-refractivity contribution in [1.29, 1.82) is 0 Å². The Bertz CT molecular complexity index is 438. The molecule has 0 radical (unpaired) electrons. The third-order valence-electron chi connectivity index (χ3n) is 3.38. The Balaban J connectivity index is 2.31. The Kier molecular flexibility index (Phi) is 4.52. The number of nitrogens with zero attached hydrogens (tertiary/aromatic N) is 2. The van der Waals surface area contributed by atoms with E-state index < -0.39 is 11.6 Å². The first-order chi connectivity index (χ1) is 9.17. The first-order valence-electron chi connectivity index (χ1n) is 6.64. The summed E-state index contributed by atoms with van der Waals surface area (Å²) in [7, 11) is 0. The van der Waals surface area contributed by atoms with E-state index in [0.717, 1.165) is 25.3 Å². The molecular formula is C13H19F2N3O. The molecule has 0 atom stereocenters. The van der Waals surface area contributed by atoms with Crippen LogP contribution in [0.3, 0.4) is 0 Å². The summed E-state index contributed by atoms with van der Waals surface area (Å²) in [6.07, 6.45) is 3.00. The third-order valence-corrected chi connectivity index (χ3v) is 3.38. The van der Waals surface area contributed by atoms with Crippen LogP contribution in [0.2, 0.25) is 0 Å². The predicted octanol–water partition coefficient (Wildman–Crippen LogP) is 2.14. The number of hydrogen-bond acceptors (Lipinski definition) is 4. The van der Waals surface area contributed by atoms with Gasteiger partial charge in [0.2, 0.25) is 0 Å². The Morgan fingerprint density at radius 1 is 1.42 bits per heavy atom. The van der Waals surface area contributed by atoms with Crippen LogP contribution in [0.15, 0.2) is 6.07 Å². The van der Waals surface area contributed by atoms with Gasteiger partial charge in [-0.2, -0.15) is 0 Å². The molecule has 6 heteroatoms. The third kappa shape index (κ3) is 2.94. The molecule has 0 bridgehead atoms. The maximum Gasteiger partial charge on any atom is 0.168 e. The fraction of sp³-hybridized carbons (Fsp3) is 0.615. The van der Waals surface area contributed by atoms with Gasteiger partial charge in [-0.05, 0) is 26.2 Å². The van der Waals surface area contributed by atoms with E-state index in [1.54, 1.807) is 4.90 Å². The number of nitrogens with one attached hydrogen (secondary N) is 1. The lowest BCUT2D eigenvalue weighted by atomic mass is 9.91. The van der Waals surface area contributed by atoms with Crippen molar-refractivity contribution in [2.75, 3.05) is 29.9 Å². The first kappa shape index (κ1) is 14.0. The van der Waals surface area contributed by atoms with Crippen LogP contribution in [0.1, 0.15) is 26.2 Å². The first-order valence-corrected chi connectivity index (χ1v) is 6.64. The van der Waals surface area contributed by atoms with Gasteiger partial charge >= 0.3 is 0 Å². The molecule has 0 spiro atoms. The molecule has 0 amide bonds. The Morgan fingerprint density at radius 3 is 2.68 bits per heavy atom. The summed E-state index contributed by atoms with van der Waals surface area (Å²) in [4.78, 5) is 5.77. The number of pyridine rings is 1. The molecule has 0 aromatic carbocycles. The average Bonchev–Trinajstić information content (AvgIpc) is 2.30. The summed E-state index contributed by atoms with van der Waals surface area (Å²) in [5, 5.41) is 11.9. The van der Waals surface area contributed by atoms with Crippen molar-refractivity contribution in [3.8, 4) is 0 Å². The van der Waals surface area contributed by atoms with Crippen molar-refractivity contribution in [2.45, 2.75) is 32.2 Å². The zero-order chi connectivity index (χ0) is 13.8. The molecule has 1 heterocycles. The lowest BCUT2D eigenvalue weighted by Crippen LogP contribution is -2.43. The van der Waals surface area contributed by atoms with Gasteiger partial charge in [0.05, 0.1) is 6.61 Å². The molecule has 1 aliphatic rings. The van der Waals surface area contributed by atoms with Gasteiger partial charge in [0.15, 0.2) is 23.3 Å². The highest BCUT2D eigenvalue weighted by atomic mass is 19.1. The highest BCUT2D eigenvalue weighted by Crippen LogP contribution is 2.31. The topological polar surface area (TPSA) is 48.4 Å². The van der Waals surface area contributed by atoms with Gasteiger partial charge in [-0.15, -0.1) is 0 Å². The zero-order valence-electron chi connectivity index (χ0n) is 11.0. The van der Waals surface area contributed by atoms with Crippen LogP contribution in [0.5, 0.6) is 0 Å². The predicted molar refractivity (Wildman–Crippen MR) is 70.4 cm³/mol. The van der Waals surface area contributed by atoms with E-state index in [0.29, 0.717) is 13.1 Å². The Labute approximate surface area is 111 Å². The van der Waals surface area contributed by atoms with E-state index in [9.17, 15) is 8.78 Å². The zero-order valence-corrected chi connectivity index (χ0v) is 11.0. The van der Waals surface area contributed by atoms with Gasteiger partial charge in [0.25, 0.3) is 0 Å². The molecule has 0 unspecified atom stereocenters. The minimum Gasteiger partial charge on any atom is -0.395 e. The molecule has 1 aromatic heterocycles. The van der Waals surface area contributed by atoms with E-state index in [4.69, 9.17) is 5.11 Å². The van der Waals surface area contributed by atoms with E-state index in [2.05, 4.69) is 10.3 Å². The number of rotatable bonds is 6. The second kappa shape index (κ2) is 6.14. The number of halogens is 2. The summed E-state index contributed by atoms with van der Waals surface area (Å²) in [5.41, 5.74) is 0. The van der Waals surface area contributed by atoms with Gasteiger partial charge in [0, 0.05) is 25.2 Å². The van der Waals surface area contributed by atoms with Crippen molar-refractivity contribution in [1.82, 2.24) is 4.98 Å². The maximum absolute atomic E-state index is 13.9. The lowest BCUT2D eigenvalue weighted by molar-refractivity contribution is 0.282. The van der Waals surface area contributed by atoms with Crippen LogP contribution in [0.25, 0.3) is 0 Å². The molecule has 19 heavy (non-hydrogen) atoms. The fourth-order valence-corrected chi connectivity index (χ4v) is 2.22. The maximum atomic E-state index is 13.9. The van der Waals surface area contributed by atoms with Crippen LogP contribution in [0, 0.1) is 11.6 Å². The van der Waals surface area contributed by atoms with E-state index in [1.165, 1.54) is 0 Å². The van der Waals surface area contributed by atoms with Gasteiger partial charge in [-0.3, -0.25) is 0 Å². The monoisotopic (exact) mass is 271 g/mol. The van der Waals surface area contributed by atoms with Crippen LogP contribution in [-0.4, -0.2) is 35.8 Å². The molecule has 1 aliphatic carbocycles. The van der Waals surface area contributed by atoms with Crippen molar-refractivity contribution in [2.24, 2.45) is 0 Å². The average molecular weight is 271 g/mol. The van der Waals surface area contributed by atoms with Crippen LogP contribution in [0.4, 0.5) is 20.4 Å². The van der Waals surface area contributed by atoms with Crippen molar-refractivity contribution in [3.05, 3.63) is 17.7 Å². The van der Waals surface area contributed by atoms with Gasteiger partial charge in [-0.25, -0.2) is 13.8 Å². The molecule has 0 aliphatic heterocycles. The summed E-state index contributed by atoms with van der Waals surface area (Å²) in [5.74, 6) is -1.20. The number of aliphatic hydroxyl groups excluding tert-OH is 1. The van der Waals surface area contributed by atoms with E-state index >= 15 is 0 Å². The van der Waals surface area contributed by atoms with Crippen molar-refractivity contribution in [3.63, 3.8) is 0 Å². The van der Waals surface area contributed by atoms with E-state index in [1.807, 2.05) is 6.92 Å². The second-order valence-corrected chi connectivity index (χ2v) is 4.66. The Hall–Kier alpha value is -1.43. The molecule has 1 fully saturated rings.